The molecule has 1 fully saturated rings. The summed E-state index contributed by atoms with van der Waals surface area (Å²) in [6.45, 7) is 3.10. The van der Waals surface area contributed by atoms with Crippen LogP contribution in [0.4, 0.5) is 11.4 Å². The maximum absolute atomic E-state index is 10.9. The van der Waals surface area contributed by atoms with E-state index in [1.54, 1.807) is 12.1 Å². The molecular formula is C16H16N2O3. The van der Waals surface area contributed by atoms with E-state index >= 15 is 0 Å². The summed E-state index contributed by atoms with van der Waals surface area (Å²) in [5.74, 6) is 0. The fourth-order valence-corrected chi connectivity index (χ4v) is 2.58. The Kier molecular flexibility index (Phi) is 3.83. The number of hydrogen-bond acceptors (Lipinski definition) is 4. The van der Waals surface area contributed by atoms with Gasteiger partial charge in [-0.25, -0.2) is 0 Å². The van der Waals surface area contributed by atoms with E-state index in [9.17, 15) is 10.1 Å². The predicted molar refractivity (Wildman–Crippen MR) is 81.6 cm³/mol. The number of para-hydroxylation sites is 1. The van der Waals surface area contributed by atoms with Gasteiger partial charge in [0.05, 0.1) is 18.1 Å². The van der Waals surface area contributed by atoms with Crippen LogP contribution in [0.3, 0.4) is 0 Å². The lowest BCUT2D eigenvalue weighted by atomic mass is 10.0. The van der Waals surface area contributed by atoms with Gasteiger partial charge in [-0.1, -0.05) is 30.3 Å². The molecule has 0 saturated carbocycles. The number of ether oxygens (including phenoxy) is 1. The Balaban J connectivity index is 2.02. The van der Waals surface area contributed by atoms with E-state index in [4.69, 9.17) is 4.74 Å². The molecule has 0 bridgehead atoms. The molecule has 0 aliphatic carbocycles. The Morgan fingerprint density at radius 3 is 2.57 bits per heavy atom. The molecular weight excluding hydrogens is 268 g/mol. The number of non-ortho nitro benzene ring substituents is 1. The third-order valence-electron chi connectivity index (χ3n) is 3.62. The summed E-state index contributed by atoms with van der Waals surface area (Å²) in [6.07, 6.45) is 0. The second kappa shape index (κ2) is 5.93. The monoisotopic (exact) mass is 284 g/mol. The average Bonchev–Trinajstić information content (AvgIpc) is 2.56. The van der Waals surface area contributed by atoms with Crippen molar-refractivity contribution in [1.82, 2.24) is 0 Å². The lowest BCUT2D eigenvalue weighted by Gasteiger charge is -2.30. The lowest BCUT2D eigenvalue weighted by Crippen LogP contribution is -2.36. The first kappa shape index (κ1) is 13.6. The molecule has 2 aromatic carbocycles. The van der Waals surface area contributed by atoms with Gasteiger partial charge in [-0.05, 0) is 11.6 Å². The van der Waals surface area contributed by atoms with Gasteiger partial charge in [-0.3, -0.25) is 10.1 Å². The molecule has 0 aromatic heterocycles. The molecule has 21 heavy (non-hydrogen) atoms. The van der Waals surface area contributed by atoms with E-state index in [-0.39, 0.29) is 10.6 Å². The highest BCUT2D eigenvalue weighted by Gasteiger charge is 2.16. The maximum Gasteiger partial charge on any atom is 0.270 e. The minimum absolute atomic E-state index is 0.115. The van der Waals surface area contributed by atoms with Crippen molar-refractivity contribution in [1.29, 1.82) is 0 Å². The Morgan fingerprint density at radius 1 is 1.05 bits per heavy atom. The normalized spacial score (nSPS) is 15.0. The van der Waals surface area contributed by atoms with Crippen molar-refractivity contribution in [2.24, 2.45) is 0 Å². The first-order chi connectivity index (χ1) is 10.3. The van der Waals surface area contributed by atoms with Gasteiger partial charge in [0, 0.05) is 36.5 Å². The summed E-state index contributed by atoms with van der Waals surface area (Å²) in [5, 5.41) is 10.9. The molecule has 0 unspecified atom stereocenters. The number of nitro groups is 1. The van der Waals surface area contributed by atoms with E-state index in [1.807, 2.05) is 24.3 Å². The molecule has 0 N–H and O–H groups in total. The van der Waals surface area contributed by atoms with Crippen molar-refractivity contribution in [2.75, 3.05) is 31.2 Å². The van der Waals surface area contributed by atoms with Crippen LogP contribution in [-0.2, 0) is 4.74 Å². The number of rotatable bonds is 3. The van der Waals surface area contributed by atoms with Crippen molar-refractivity contribution < 1.29 is 9.66 Å². The Morgan fingerprint density at radius 2 is 1.81 bits per heavy atom. The van der Waals surface area contributed by atoms with Crippen molar-refractivity contribution >= 4 is 11.4 Å². The average molecular weight is 284 g/mol. The maximum atomic E-state index is 10.9. The zero-order valence-corrected chi connectivity index (χ0v) is 11.6. The Bertz CT molecular complexity index is 651. The standard InChI is InChI=1S/C16H16N2O3/c19-18(20)14-5-3-4-13(12-14)15-6-1-2-7-16(15)17-8-10-21-11-9-17/h1-7,12H,8-11H2. The number of benzene rings is 2. The van der Waals surface area contributed by atoms with Gasteiger partial charge in [0.25, 0.3) is 5.69 Å². The largest absolute Gasteiger partial charge is 0.378 e. The second-order valence-corrected chi connectivity index (χ2v) is 4.92. The fourth-order valence-electron chi connectivity index (χ4n) is 2.58. The molecule has 0 spiro atoms. The summed E-state index contributed by atoms with van der Waals surface area (Å²) < 4.78 is 5.39. The first-order valence-corrected chi connectivity index (χ1v) is 6.92. The number of anilines is 1. The van der Waals surface area contributed by atoms with Crippen LogP contribution in [0.15, 0.2) is 48.5 Å². The van der Waals surface area contributed by atoms with Crippen LogP contribution in [0.25, 0.3) is 11.1 Å². The van der Waals surface area contributed by atoms with Crippen LogP contribution >= 0.6 is 0 Å². The van der Waals surface area contributed by atoms with Crippen LogP contribution in [0.1, 0.15) is 0 Å². The van der Waals surface area contributed by atoms with Gasteiger partial charge in [0.15, 0.2) is 0 Å². The molecule has 3 rings (SSSR count). The van der Waals surface area contributed by atoms with E-state index in [1.165, 1.54) is 6.07 Å². The SMILES string of the molecule is O=[N+]([O-])c1cccc(-c2ccccc2N2CCOCC2)c1. The summed E-state index contributed by atoms with van der Waals surface area (Å²) in [7, 11) is 0. The summed E-state index contributed by atoms with van der Waals surface area (Å²) in [4.78, 5) is 12.9. The molecule has 0 atom stereocenters. The molecule has 0 radical (unpaired) electrons. The van der Waals surface area contributed by atoms with Crippen molar-refractivity contribution in [2.45, 2.75) is 0 Å². The number of nitrogens with zero attached hydrogens (tertiary/aromatic N) is 2. The van der Waals surface area contributed by atoms with Gasteiger partial charge in [0.2, 0.25) is 0 Å². The van der Waals surface area contributed by atoms with Gasteiger partial charge in [-0.15, -0.1) is 0 Å². The number of nitro benzene ring substituents is 1. The third-order valence-corrected chi connectivity index (χ3v) is 3.62. The Hall–Kier alpha value is -2.40. The van der Waals surface area contributed by atoms with Gasteiger partial charge >= 0.3 is 0 Å². The fraction of sp³-hybridized carbons (Fsp3) is 0.250. The van der Waals surface area contributed by atoms with Crippen LogP contribution in [0.5, 0.6) is 0 Å². The molecule has 5 heteroatoms. The van der Waals surface area contributed by atoms with Crippen LogP contribution in [0.2, 0.25) is 0 Å². The summed E-state index contributed by atoms with van der Waals surface area (Å²) in [6, 6.07) is 14.8. The quantitative estimate of drug-likeness (QED) is 0.642. The summed E-state index contributed by atoms with van der Waals surface area (Å²) in [5.41, 5.74) is 3.10. The minimum atomic E-state index is -0.360. The highest BCUT2D eigenvalue weighted by atomic mass is 16.6. The molecule has 1 heterocycles. The van der Waals surface area contributed by atoms with Crippen molar-refractivity contribution in [3.8, 4) is 11.1 Å². The number of morpholine rings is 1. The zero-order valence-electron chi connectivity index (χ0n) is 11.6. The molecule has 1 aliphatic heterocycles. The van der Waals surface area contributed by atoms with Crippen molar-refractivity contribution in [3.63, 3.8) is 0 Å². The minimum Gasteiger partial charge on any atom is -0.378 e. The zero-order chi connectivity index (χ0) is 14.7. The highest BCUT2D eigenvalue weighted by Crippen LogP contribution is 2.32. The van der Waals surface area contributed by atoms with Crippen LogP contribution < -0.4 is 4.90 Å². The van der Waals surface area contributed by atoms with Gasteiger partial charge in [0.1, 0.15) is 0 Å². The molecule has 5 nitrogen and oxygen atoms in total. The van der Waals surface area contributed by atoms with E-state index in [2.05, 4.69) is 11.0 Å². The summed E-state index contributed by atoms with van der Waals surface area (Å²) >= 11 is 0. The topological polar surface area (TPSA) is 55.6 Å². The molecule has 2 aromatic rings. The molecule has 0 amide bonds. The van der Waals surface area contributed by atoms with Gasteiger partial charge < -0.3 is 9.64 Å². The first-order valence-electron chi connectivity index (χ1n) is 6.92. The van der Waals surface area contributed by atoms with Crippen LogP contribution in [0, 0.1) is 10.1 Å². The predicted octanol–water partition coefficient (Wildman–Crippen LogP) is 3.10. The van der Waals surface area contributed by atoms with E-state index < -0.39 is 0 Å². The highest BCUT2D eigenvalue weighted by molar-refractivity contribution is 5.79. The van der Waals surface area contributed by atoms with E-state index in [0.29, 0.717) is 13.2 Å². The molecule has 108 valence electrons. The number of hydrogen-bond donors (Lipinski definition) is 0. The third kappa shape index (κ3) is 2.87. The Labute approximate surface area is 122 Å². The van der Waals surface area contributed by atoms with Crippen molar-refractivity contribution in [3.05, 3.63) is 58.6 Å². The molecule has 1 aliphatic rings. The second-order valence-electron chi connectivity index (χ2n) is 4.92. The van der Waals surface area contributed by atoms with E-state index in [0.717, 1.165) is 29.9 Å². The smallest absolute Gasteiger partial charge is 0.270 e. The van der Waals surface area contributed by atoms with Gasteiger partial charge in [-0.2, -0.15) is 0 Å². The lowest BCUT2D eigenvalue weighted by molar-refractivity contribution is -0.384. The molecule has 1 saturated heterocycles. The van der Waals surface area contributed by atoms with Crippen LogP contribution in [-0.4, -0.2) is 31.2 Å².